The van der Waals surface area contributed by atoms with Gasteiger partial charge in [-0.3, -0.25) is 9.88 Å². The minimum atomic E-state index is -0.361. The number of piperazine rings is 1. The Labute approximate surface area is 201 Å². The molecule has 7 nitrogen and oxygen atoms in total. The van der Waals surface area contributed by atoms with Crippen LogP contribution in [-0.4, -0.2) is 69.3 Å². The summed E-state index contributed by atoms with van der Waals surface area (Å²) < 4.78 is 10.5. The average molecular weight is 461 g/mol. The number of hydrogen-bond donors (Lipinski definition) is 0. The van der Waals surface area contributed by atoms with Gasteiger partial charge in [0.2, 0.25) is 0 Å². The predicted molar refractivity (Wildman–Crippen MR) is 135 cm³/mol. The van der Waals surface area contributed by atoms with Crippen LogP contribution >= 0.6 is 0 Å². The van der Waals surface area contributed by atoms with Crippen LogP contribution < -0.4 is 14.5 Å². The quantitative estimate of drug-likeness (QED) is 0.451. The molecule has 34 heavy (non-hydrogen) atoms. The largest absolute Gasteiger partial charge is 0.497 e. The van der Waals surface area contributed by atoms with Crippen LogP contribution in [0.5, 0.6) is 5.75 Å². The molecule has 2 aromatic carbocycles. The van der Waals surface area contributed by atoms with Gasteiger partial charge in [0, 0.05) is 57.2 Å². The number of methoxy groups -OCH3 is 2. The normalized spacial score (nSPS) is 14.0. The first-order valence-electron chi connectivity index (χ1n) is 11.6. The molecule has 7 heteroatoms. The van der Waals surface area contributed by atoms with Crippen LogP contribution in [0.2, 0.25) is 0 Å². The lowest BCUT2D eigenvalue weighted by Gasteiger charge is -2.37. The second-order valence-electron chi connectivity index (χ2n) is 8.28. The predicted octanol–water partition coefficient (Wildman–Crippen LogP) is 3.71. The molecular weight excluding hydrogens is 428 g/mol. The summed E-state index contributed by atoms with van der Waals surface area (Å²) in [4.78, 5) is 24.2. The SMILES string of the molecule is COC(=O)c1ccc(OC)cc1N(CCN1CCN(c2ccccc2)CC1)Cc1ccccn1. The molecule has 3 aromatic rings. The van der Waals surface area contributed by atoms with Crippen molar-refractivity contribution in [3.05, 3.63) is 84.2 Å². The van der Waals surface area contributed by atoms with Crippen molar-refractivity contribution in [2.45, 2.75) is 6.54 Å². The van der Waals surface area contributed by atoms with Gasteiger partial charge in [-0.25, -0.2) is 4.79 Å². The van der Waals surface area contributed by atoms with Crippen molar-refractivity contribution in [3.63, 3.8) is 0 Å². The molecule has 0 amide bonds. The molecule has 0 atom stereocenters. The smallest absolute Gasteiger partial charge is 0.339 e. The number of ether oxygens (including phenoxy) is 2. The fraction of sp³-hybridized carbons (Fsp3) is 0.333. The summed E-state index contributed by atoms with van der Waals surface area (Å²) in [6.07, 6.45) is 1.79. The van der Waals surface area contributed by atoms with E-state index < -0.39 is 0 Å². The Balaban J connectivity index is 1.50. The monoisotopic (exact) mass is 460 g/mol. The van der Waals surface area contributed by atoms with Gasteiger partial charge < -0.3 is 19.3 Å². The number of rotatable bonds is 9. The van der Waals surface area contributed by atoms with Crippen molar-refractivity contribution < 1.29 is 14.3 Å². The van der Waals surface area contributed by atoms with Crippen LogP contribution in [0.1, 0.15) is 16.1 Å². The standard InChI is InChI=1S/C27H32N4O3/c1-33-24-11-12-25(27(32)34-2)26(20-24)31(21-22-8-6-7-13-28-22)19-16-29-14-17-30(18-15-29)23-9-4-3-5-10-23/h3-13,20H,14-19,21H2,1-2H3. The molecular formula is C27H32N4O3. The van der Waals surface area contributed by atoms with Crippen LogP contribution in [-0.2, 0) is 11.3 Å². The van der Waals surface area contributed by atoms with E-state index in [9.17, 15) is 4.79 Å². The minimum absolute atomic E-state index is 0.361. The molecule has 0 N–H and O–H groups in total. The van der Waals surface area contributed by atoms with Gasteiger partial charge in [0.05, 0.1) is 37.7 Å². The van der Waals surface area contributed by atoms with Gasteiger partial charge in [0.25, 0.3) is 0 Å². The Kier molecular flexibility index (Phi) is 7.99. The van der Waals surface area contributed by atoms with Crippen LogP contribution in [0.15, 0.2) is 72.9 Å². The Morgan fingerprint density at radius 3 is 2.41 bits per heavy atom. The summed E-state index contributed by atoms with van der Waals surface area (Å²) in [6.45, 7) is 6.20. The summed E-state index contributed by atoms with van der Waals surface area (Å²) >= 11 is 0. The molecule has 1 saturated heterocycles. The summed E-state index contributed by atoms with van der Waals surface area (Å²) in [6, 6.07) is 21.9. The first-order valence-corrected chi connectivity index (χ1v) is 11.6. The van der Waals surface area contributed by atoms with Gasteiger partial charge >= 0.3 is 5.97 Å². The molecule has 0 unspecified atom stereocenters. The topological polar surface area (TPSA) is 58.1 Å². The zero-order valence-corrected chi connectivity index (χ0v) is 19.9. The highest BCUT2D eigenvalue weighted by molar-refractivity contribution is 5.96. The van der Waals surface area contributed by atoms with E-state index in [2.05, 4.69) is 50.0 Å². The zero-order valence-electron chi connectivity index (χ0n) is 19.9. The maximum absolute atomic E-state index is 12.5. The summed E-state index contributed by atoms with van der Waals surface area (Å²) in [7, 11) is 3.04. The number of hydrogen-bond acceptors (Lipinski definition) is 7. The van der Waals surface area contributed by atoms with Crippen molar-refractivity contribution in [1.82, 2.24) is 9.88 Å². The summed E-state index contributed by atoms with van der Waals surface area (Å²) in [5.41, 5.74) is 3.53. The van der Waals surface area contributed by atoms with E-state index >= 15 is 0 Å². The van der Waals surface area contributed by atoms with Crippen molar-refractivity contribution >= 4 is 17.3 Å². The van der Waals surface area contributed by atoms with Gasteiger partial charge in [-0.05, 0) is 36.4 Å². The molecule has 4 rings (SSSR count). The molecule has 1 aliphatic heterocycles. The van der Waals surface area contributed by atoms with Crippen LogP contribution in [0.3, 0.4) is 0 Å². The van der Waals surface area contributed by atoms with Gasteiger partial charge in [0.15, 0.2) is 0 Å². The second-order valence-corrected chi connectivity index (χ2v) is 8.28. The van der Waals surface area contributed by atoms with E-state index in [0.29, 0.717) is 17.9 Å². The second kappa shape index (κ2) is 11.5. The van der Waals surface area contributed by atoms with Crippen LogP contribution in [0.25, 0.3) is 0 Å². The Hall–Kier alpha value is -3.58. The van der Waals surface area contributed by atoms with Gasteiger partial charge in [-0.1, -0.05) is 24.3 Å². The van der Waals surface area contributed by atoms with Crippen molar-refractivity contribution in [3.8, 4) is 5.75 Å². The Morgan fingerprint density at radius 2 is 1.74 bits per heavy atom. The van der Waals surface area contributed by atoms with Crippen molar-refractivity contribution in [1.29, 1.82) is 0 Å². The third-order valence-corrected chi connectivity index (χ3v) is 6.21. The van der Waals surface area contributed by atoms with Crippen LogP contribution in [0.4, 0.5) is 11.4 Å². The number of pyridine rings is 1. The fourth-order valence-corrected chi connectivity index (χ4v) is 4.29. The number of para-hydroxylation sites is 1. The number of carbonyl (C=O) groups excluding carboxylic acids is 1. The highest BCUT2D eigenvalue weighted by Crippen LogP contribution is 2.28. The Morgan fingerprint density at radius 1 is 0.971 bits per heavy atom. The van der Waals surface area contributed by atoms with E-state index in [1.165, 1.54) is 12.8 Å². The van der Waals surface area contributed by atoms with E-state index in [-0.39, 0.29) is 5.97 Å². The highest BCUT2D eigenvalue weighted by atomic mass is 16.5. The molecule has 0 aliphatic carbocycles. The number of nitrogens with zero attached hydrogens (tertiary/aromatic N) is 4. The number of carbonyl (C=O) groups is 1. The maximum Gasteiger partial charge on any atom is 0.339 e. The zero-order chi connectivity index (χ0) is 23.8. The summed E-state index contributed by atoms with van der Waals surface area (Å²) in [5, 5.41) is 0. The molecule has 1 aromatic heterocycles. The van der Waals surface area contributed by atoms with Crippen molar-refractivity contribution in [2.75, 3.05) is 63.3 Å². The van der Waals surface area contributed by atoms with E-state index in [4.69, 9.17) is 9.47 Å². The molecule has 178 valence electrons. The van der Waals surface area contributed by atoms with Crippen molar-refractivity contribution in [2.24, 2.45) is 0 Å². The van der Waals surface area contributed by atoms with E-state index in [1.54, 1.807) is 25.4 Å². The molecule has 1 aliphatic rings. The van der Waals surface area contributed by atoms with Gasteiger partial charge in [0.1, 0.15) is 5.75 Å². The number of esters is 1. The van der Waals surface area contributed by atoms with E-state index in [0.717, 1.165) is 50.6 Å². The first-order chi connectivity index (χ1) is 16.7. The van der Waals surface area contributed by atoms with Crippen LogP contribution in [0, 0.1) is 0 Å². The molecule has 0 spiro atoms. The molecule has 1 fully saturated rings. The average Bonchev–Trinajstić information content (AvgIpc) is 2.91. The van der Waals surface area contributed by atoms with Gasteiger partial charge in [-0.15, -0.1) is 0 Å². The summed E-state index contributed by atoms with van der Waals surface area (Å²) in [5.74, 6) is 0.338. The molecule has 0 bridgehead atoms. The van der Waals surface area contributed by atoms with E-state index in [1.807, 2.05) is 24.3 Å². The number of aromatic nitrogens is 1. The first kappa shape index (κ1) is 23.6. The lowest BCUT2D eigenvalue weighted by molar-refractivity contribution is 0.0601. The highest BCUT2D eigenvalue weighted by Gasteiger charge is 2.22. The lowest BCUT2D eigenvalue weighted by atomic mass is 10.1. The number of benzene rings is 2. The third-order valence-electron chi connectivity index (χ3n) is 6.21. The Bertz CT molecular complexity index is 1050. The number of anilines is 2. The fourth-order valence-electron chi connectivity index (χ4n) is 4.29. The maximum atomic E-state index is 12.5. The lowest BCUT2D eigenvalue weighted by Crippen LogP contribution is -2.48. The molecule has 0 saturated carbocycles. The molecule has 2 heterocycles. The molecule has 0 radical (unpaired) electrons. The van der Waals surface area contributed by atoms with Gasteiger partial charge in [-0.2, -0.15) is 0 Å². The third kappa shape index (κ3) is 5.85. The minimum Gasteiger partial charge on any atom is -0.497 e.